The van der Waals surface area contributed by atoms with Gasteiger partial charge in [0.2, 0.25) is 5.91 Å². The lowest BCUT2D eigenvalue weighted by Gasteiger charge is -2.22. The van der Waals surface area contributed by atoms with Crippen molar-refractivity contribution in [3.05, 3.63) is 22.4 Å². The van der Waals surface area contributed by atoms with E-state index < -0.39 is 0 Å². The van der Waals surface area contributed by atoms with Crippen LogP contribution in [0.3, 0.4) is 0 Å². The average molecular weight is 224 g/mol. The van der Waals surface area contributed by atoms with Crippen molar-refractivity contribution in [1.82, 2.24) is 10.6 Å². The first-order valence-corrected chi connectivity index (χ1v) is 5.77. The van der Waals surface area contributed by atoms with Crippen LogP contribution in [0.25, 0.3) is 0 Å². The molecule has 0 aromatic carbocycles. The molecule has 4 nitrogen and oxygen atoms in total. The smallest absolute Gasteiger partial charge is 0.261 e. The monoisotopic (exact) mass is 224 g/mol. The molecule has 0 saturated carbocycles. The Hall–Kier alpha value is -1.36. The summed E-state index contributed by atoms with van der Waals surface area (Å²) in [6.07, 6.45) is 1.64. The van der Waals surface area contributed by atoms with Gasteiger partial charge >= 0.3 is 0 Å². The first kappa shape index (κ1) is 10.2. The molecule has 1 aliphatic heterocycles. The van der Waals surface area contributed by atoms with E-state index in [0.29, 0.717) is 11.4 Å². The van der Waals surface area contributed by atoms with E-state index in [4.69, 9.17) is 0 Å². The van der Waals surface area contributed by atoms with Gasteiger partial charge in [0.15, 0.2) is 0 Å². The van der Waals surface area contributed by atoms with Gasteiger partial charge < -0.3 is 10.6 Å². The molecule has 15 heavy (non-hydrogen) atoms. The summed E-state index contributed by atoms with van der Waals surface area (Å²) in [5.41, 5.74) is 0. The molecule has 0 aliphatic carbocycles. The van der Waals surface area contributed by atoms with Crippen molar-refractivity contribution in [3.8, 4) is 0 Å². The lowest BCUT2D eigenvalue weighted by molar-refractivity contribution is -0.124. The highest BCUT2D eigenvalue weighted by atomic mass is 32.1. The van der Waals surface area contributed by atoms with Crippen LogP contribution in [0.15, 0.2) is 17.5 Å². The van der Waals surface area contributed by atoms with Crippen molar-refractivity contribution in [2.75, 3.05) is 6.54 Å². The largest absolute Gasteiger partial charge is 0.354 e. The molecule has 1 aromatic heterocycles. The van der Waals surface area contributed by atoms with Crippen LogP contribution >= 0.6 is 11.3 Å². The van der Waals surface area contributed by atoms with Crippen molar-refractivity contribution in [1.29, 1.82) is 0 Å². The van der Waals surface area contributed by atoms with Crippen LogP contribution in [0.4, 0.5) is 0 Å². The van der Waals surface area contributed by atoms with E-state index in [9.17, 15) is 9.59 Å². The Balaban J connectivity index is 1.96. The molecule has 2 amide bonds. The second kappa shape index (κ2) is 4.44. The van der Waals surface area contributed by atoms with Gasteiger partial charge in [-0.25, -0.2) is 0 Å². The zero-order valence-electron chi connectivity index (χ0n) is 8.16. The first-order valence-electron chi connectivity index (χ1n) is 4.89. The van der Waals surface area contributed by atoms with E-state index in [-0.39, 0.29) is 17.9 Å². The third kappa shape index (κ3) is 2.36. The van der Waals surface area contributed by atoms with E-state index in [0.717, 1.165) is 12.8 Å². The summed E-state index contributed by atoms with van der Waals surface area (Å²) in [5, 5.41) is 7.31. The van der Waals surface area contributed by atoms with Crippen LogP contribution in [-0.2, 0) is 4.79 Å². The van der Waals surface area contributed by atoms with Crippen LogP contribution in [-0.4, -0.2) is 24.4 Å². The highest BCUT2D eigenvalue weighted by molar-refractivity contribution is 7.12. The molecular weight excluding hydrogens is 212 g/mol. The summed E-state index contributed by atoms with van der Waals surface area (Å²) in [6, 6.07) is 3.20. The fraction of sp³-hybridized carbons (Fsp3) is 0.400. The van der Waals surface area contributed by atoms with Gasteiger partial charge in [-0.15, -0.1) is 11.3 Å². The van der Waals surface area contributed by atoms with Gasteiger partial charge in [-0.2, -0.15) is 0 Å². The molecule has 0 spiro atoms. The third-order valence-corrected chi connectivity index (χ3v) is 3.20. The van der Waals surface area contributed by atoms with Gasteiger partial charge in [-0.1, -0.05) is 6.07 Å². The van der Waals surface area contributed by atoms with E-state index >= 15 is 0 Å². The first-order chi connectivity index (χ1) is 7.27. The maximum absolute atomic E-state index is 11.6. The minimum atomic E-state index is -0.367. The van der Waals surface area contributed by atoms with Crippen LogP contribution < -0.4 is 10.6 Å². The lowest BCUT2D eigenvalue weighted by Crippen LogP contribution is -2.50. The van der Waals surface area contributed by atoms with Crippen LogP contribution in [0.5, 0.6) is 0 Å². The van der Waals surface area contributed by atoms with Crippen molar-refractivity contribution < 1.29 is 9.59 Å². The molecule has 2 N–H and O–H groups in total. The molecule has 0 bridgehead atoms. The maximum atomic E-state index is 11.6. The van der Waals surface area contributed by atoms with Crippen LogP contribution in [0, 0.1) is 0 Å². The molecule has 1 fully saturated rings. The minimum absolute atomic E-state index is 0.0776. The Bertz CT molecular complexity index is 362. The zero-order chi connectivity index (χ0) is 10.7. The Kier molecular flexibility index (Phi) is 3.01. The SMILES string of the molecule is O=C(NC1CCCNC1=O)c1cccs1. The summed E-state index contributed by atoms with van der Waals surface area (Å²) in [4.78, 5) is 23.7. The molecule has 1 atom stereocenters. The topological polar surface area (TPSA) is 58.2 Å². The number of thiophene rings is 1. The number of carbonyl (C=O) groups is 2. The Labute approximate surface area is 91.7 Å². The molecule has 0 radical (unpaired) electrons. The molecule has 1 saturated heterocycles. The highest BCUT2D eigenvalue weighted by Gasteiger charge is 2.23. The van der Waals surface area contributed by atoms with Crippen LogP contribution in [0.2, 0.25) is 0 Å². The average Bonchev–Trinajstić information content (AvgIpc) is 2.74. The van der Waals surface area contributed by atoms with Crippen molar-refractivity contribution in [3.63, 3.8) is 0 Å². The Morgan fingerprint density at radius 3 is 3.13 bits per heavy atom. The molecule has 2 heterocycles. The fourth-order valence-electron chi connectivity index (χ4n) is 1.55. The number of amides is 2. The van der Waals surface area contributed by atoms with Gasteiger partial charge in [0.1, 0.15) is 6.04 Å². The van der Waals surface area contributed by atoms with Gasteiger partial charge in [0.05, 0.1) is 4.88 Å². The number of rotatable bonds is 2. The van der Waals surface area contributed by atoms with E-state index in [1.54, 1.807) is 6.07 Å². The molecule has 1 aromatic rings. The summed E-state index contributed by atoms with van der Waals surface area (Å²) < 4.78 is 0. The second-order valence-corrected chi connectivity index (χ2v) is 4.38. The predicted octanol–water partition coefficient (Wildman–Crippen LogP) is 0.756. The number of nitrogens with one attached hydrogen (secondary N) is 2. The standard InChI is InChI=1S/C10H12N2O2S/c13-9-7(3-1-5-11-9)12-10(14)8-4-2-6-15-8/h2,4,6-7H,1,3,5H2,(H,11,13)(H,12,14). The predicted molar refractivity (Wildman–Crippen MR) is 57.8 cm³/mol. The maximum Gasteiger partial charge on any atom is 0.261 e. The minimum Gasteiger partial charge on any atom is -0.354 e. The van der Waals surface area contributed by atoms with E-state index in [1.165, 1.54) is 11.3 Å². The summed E-state index contributed by atoms with van der Waals surface area (Å²) in [6.45, 7) is 0.713. The van der Waals surface area contributed by atoms with Crippen molar-refractivity contribution in [2.24, 2.45) is 0 Å². The molecular formula is C10H12N2O2S. The van der Waals surface area contributed by atoms with E-state index in [2.05, 4.69) is 10.6 Å². The lowest BCUT2D eigenvalue weighted by atomic mass is 10.1. The molecule has 80 valence electrons. The number of hydrogen-bond donors (Lipinski definition) is 2. The summed E-state index contributed by atoms with van der Waals surface area (Å²) >= 11 is 1.38. The quantitative estimate of drug-likeness (QED) is 0.779. The molecule has 1 unspecified atom stereocenters. The third-order valence-electron chi connectivity index (χ3n) is 2.34. The summed E-state index contributed by atoms with van der Waals surface area (Å²) in [5.74, 6) is -0.238. The zero-order valence-corrected chi connectivity index (χ0v) is 8.97. The van der Waals surface area contributed by atoms with Crippen molar-refractivity contribution >= 4 is 23.2 Å². The number of carbonyl (C=O) groups excluding carboxylic acids is 2. The molecule has 1 aliphatic rings. The fourth-order valence-corrected chi connectivity index (χ4v) is 2.17. The second-order valence-electron chi connectivity index (χ2n) is 3.44. The van der Waals surface area contributed by atoms with Gasteiger partial charge in [0, 0.05) is 6.54 Å². The molecule has 5 heteroatoms. The normalized spacial score (nSPS) is 20.8. The van der Waals surface area contributed by atoms with Gasteiger partial charge in [-0.05, 0) is 24.3 Å². The Morgan fingerprint density at radius 1 is 1.60 bits per heavy atom. The molecule has 2 rings (SSSR count). The van der Waals surface area contributed by atoms with Crippen molar-refractivity contribution in [2.45, 2.75) is 18.9 Å². The Morgan fingerprint density at radius 2 is 2.47 bits per heavy atom. The highest BCUT2D eigenvalue weighted by Crippen LogP contribution is 2.10. The summed E-state index contributed by atoms with van der Waals surface area (Å²) in [7, 11) is 0. The number of hydrogen-bond acceptors (Lipinski definition) is 3. The van der Waals surface area contributed by atoms with Gasteiger partial charge in [0.25, 0.3) is 5.91 Å². The number of piperidine rings is 1. The van der Waals surface area contributed by atoms with Crippen LogP contribution in [0.1, 0.15) is 22.5 Å². The van der Waals surface area contributed by atoms with Gasteiger partial charge in [-0.3, -0.25) is 9.59 Å². The van der Waals surface area contributed by atoms with E-state index in [1.807, 2.05) is 11.4 Å².